The summed E-state index contributed by atoms with van der Waals surface area (Å²) in [6.45, 7) is 4.96. The Morgan fingerprint density at radius 2 is 1.66 bits per heavy atom. The average Bonchev–Trinajstić information content (AvgIpc) is 3.35. The summed E-state index contributed by atoms with van der Waals surface area (Å²) in [4.78, 5) is 23.8. The zero-order chi connectivity index (χ0) is 21.9. The van der Waals surface area contributed by atoms with Gasteiger partial charge < -0.3 is 14.6 Å². The van der Waals surface area contributed by atoms with Crippen LogP contribution in [0, 0.1) is 6.92 Å². The zero-order valence-electron chi connectivity index (χ0n) is 17.7. The predicted molar refractivity (Wildman–Crippen MR) is 120 cm³/mol. The van der Waals surface area contributed by atoms with E-state index in [-0.39, 0.29) is 5.91 Å². The second kappa shape index (κ2) is 8.68. The third-order valence-corrected chi connectivity index (χ3v) is 5.44. The van der Waals surface area contributed by atoms with E-state index in [9.17, 15) is 4.79 Å². The Balaban J connectivity index is 1.40. The number of piperazine rings is 1. The summed E-state index contributed by atoms with van der Waals surface area (Å²) in [6, 6.07) is 17.0. The lowest BCUT2D eigenvalue weighted by molar-refractivity contribution is 0.0736. The van der Waals surface area contributed by atoms with Gasteiger partial charge in [0.15, 0.2) is 0 Å². The number of carbonyl (C=O) groups is 1. The Hall–Kier alpha value is -3.91. The lowest BCUT2D eigenvalue weighted by atomic mass is 10.1. The maximum Gasteiger partial charge on any atom is 0.268 e. The number of aromatic nitrogens is 4. The summed E-state index contributed by atoms with van der Waals surface area (Å²) in [5, 5.41) is 11.6. The van der Waals surface area contributed by atoms with Crippen LogP contribution in [-0.2, 0) is 0 Å². The van der Waals surface area contributed by atoms with Crippen LogP contribution < -0.4 is 5.32 Å². The van der Waals surface area contributed by atoms with Gasteiger partial charge >= 0.3 is 0 Å². The summed E-state index contributed by atoms with van der Waals surface area (Å²) in [6.07, 6.45) is 1.71. The molecule has 0 radical (unpaired) electrons. The number of nitrogens with zero attached hydrogens (tertiary/aromatic N) is 5. The van der Waals surface area contributed by atoms with Gasteiger partial charge in [0.25, 0.3) is 11.8 Å². The highest BCUT2D eigenvalue weighted by molar-refractivity contribution is 5.94. The Labute approximate surface area is 185 Å². The molecule has 0 bridgehead atoms. The molecule has 5 rings (SSSR count). The molecule has 32 heavy (non-hydrogen) atoms. The first kappa shape index (κ1) is 20.0. The van der Waals surface area contributed by atoms with Gasteiger partial charge in [0.05, 0.1) is 17.6 Å². The van der Waals surface area contributed by atoms with E-state index in [1.807, 2.05) is 66.4 Å². The van der Waals surface area contributed by atoms with Crippen LogP contribution in [0.3, 0.4) is 0 Å². The number of hydrogen-bond acceptors (Lipinski definition) is 7. The average molecular weight is 426 g/mol. The standard InChI is InChI=1S/C24H22N6O2/c1-16-21(23-29-28-22(32-23)18-5-3-2-4-6-18)27-20(15-26-16)17-7-9-19(10-8-17)24(31)30-13-11-25-12-14-30/h2-10,15,25H,11-14H2,1H3. The topological polar surface area (TPSA) is 97.0 Å². The number of amides is 1. The Bertz CT molecular complexity index is 1230. The van der Waals surface area contributed by atoms with E-state index < -0.39 is 0 Å². The molecular formula is C24H22N6O2. The summed E-state index contributed by atoms with van der Waals surface area (Å²) < 4.78 is 5.87. The third-order valence-electron chi connectivity index (χ3n) is 5.44. The molecule has 8 nitrogen and oxygen atoms in total. The second-order valence-electron chi connectivity index (χ2n) is 7.59. The van der Waals surface area contributed by atoms with Crippen LogP contribution >= 0.6 is 0 Å². The summed E-state index contributed by atoms with van der Waals surface area (Å²) in [7, 11) is 0. The number of benzene rings is 2. The smallest absolute Gasteiger partial charge is 0.268 e. The van der Waals surface area contributed by atoms with Crippen molar-refractivity contribution >= 4 is 5.91 Å². The summed E-state index contributed by atoms with van der Waals surface area (Å²) in [5.41, 5.74) is 4.28. The fourth-order valence-electron chi connectivity index (χ4n) is 3.64. The van der Waals surface area contributed by atoms with E-state index in [0.717, 1.165) is 37.3 Å². The van der Waals surface area contributed by atoms with Crippen LogP contribution in [0.15, 0.2) is 65.2 Å². The molecule has 1 fully saturated rings. The highest BCUT2D eigenvalue weighted by Gasteiger charge is 2.19. The number of nitrogens with one attached hydrogen (secondary N) is 1. The highest BCUT2D eigenvalue weighted by Crippen LogP contribution is 2.26. The normalized spacial score (nSPS) is 13.8. The molecular weight excluding hydrogens is 404 g/mol. The molecule has 0 atom stereocenters. The lowest BCUT2D eigenvalue weighted by Crippen LogP contribution is -2.46. The van der Waals surface area contributed by atoms with Crippen LogP contribution in [0.2, 0.25) is 0 Å². The molecule has 4 aromatic rings. The maximum absolute atomic E-state index is 12.7. The van der Waals surface area contributed by atoms with Crippen LogP contribution in [0.1, 0.15) is 16.1 Å². The Morgan fingerprint density at radius 1 is 0.938 bits per heavy atom. The quantitative estimate of drug-likeness (QED) is 0.535. The molecule has 8 heteroatoms. The van der Waals surface area contributed by atoms with E-state index in [1.54, 1.807) is 6.20 Å². The summed E-state index contributed by atoms with van der Waals surface area (Å²) in [5.74, 6) is 0.803. The van der Waals surface area contributed by atoms with Crippen molar-refractivity contribution in [3.05, 3.63) is 72.1 Å². The van der Waals surface area contributed by atoms with Crippen molar-refractivity contribution in [3.8, 4) is 34.3 Å². The molecule has 0 unspecified atom stereocenters. The molecule has 2 aromatic heterocycles. The van der Waals surface area contributed by atoms with Crippen LogP contribution in [0.5, 0.6) is 0 Å². The number of rotatable bonds is 4. The van der Waals surface area contributed by atoms with Crippen LogP contribution in [-0.4, -0.2) is 57.2 Å². The van der Waals surface area contributed by atoms with Gasteiger partial charge in [-0.15, -0.1) is 10.2 Å². The van der Waals surface area contributed by atoms with Gasteiger partial charge in [-0.05, 0) is 31.2 Å². The maximum atomic E-state index is 12.7. The van der Waals surface area contributed by atoms with Gasteiger partial charge in [-0.2, -0.15) is 0 Å². The van der Waals surface area contributed by atoms with E-state index in [2.05, 4.69) is 20.5 Å². The van der Waals surface area contributed by atoms with Gasteiger partial charge in [0.1, 0.15) is 5.69 Å². The van der Waals surface area contributed by atoms with E-state index in [0.29, 0.717) is 34.4 Å². The van der Waals surface area contributed by atoms with Crippen LogP contribution in [0.25, 0.3) is 34.3 Å². The number of carbonyl (C=O) groups excluding carboxylic acids is 1. The fraction of sp³-hybridized carbons (Fsp3) is 0.208. The van der Waals surface area contributed by atoms with E-state index in [1.165, 1.54) is 0 Å². The van der Waals surface area contributed by atoms with Crippen molar-refractivity contribution in [1.29, 1.82) is 0 Å². The minimum Gasteiger partial charge on any atom is -0.415 e. The third kappa shape index (κ3) is 4.00. The first-order valence-corrected chi connectivity index (χ1v) is 10.5. The van der Waals surface area contributed by atoms with Crippen molar-refractivity contribution < 1.29 is 9.21 Å². The molecule has 0 aliphatic carbocycles. The summed E-state index contributed by atoms with van der Waals surface area (Å²) >= 11 is 0. The predicted octanol–water partition coefficient (Wildman–Crippen LogP) is 3.21. The first-order valence-electron chi connectivity index (χ1n) is 10.5. The molecule has 1 amide bonds. The molecule has 0 spiro atoms. The van der Waals surface area contributed by atoms with Crippen molar-refractivity contribution in [2.75, 3.05) is 26.2 Å². The molecule has 1 saturated heterocycles. The fourth-order valence-corrected chi connectivity index (χ4v) is 3.64. The zero-order valence-corrected chi connectivity index (χ0v) is 17.7. The molecule has 1 N–H and O–H groups in total. The van der Waals surface area contributed by atoms with Gasteiger partial charge in [-0.1, -0.05) is 30.3 Å². The second-order valence-corrected chi connectivity index (χ2v) is 7.59. The van der Waals surface area contributed by atoms with Gasteiger partial charge in [0, 0.05) is 42.9 Å². The largest absolute Gasteiger partial charge is 0.415 e. The van der Waals surface area contributed by atoms with E-state index in [4.69, 9.17) is 9.40 Å². The molecule has 2 aromatic carbocycles. The van der Waals surface area contributed by atoms with Crippen molar-refractivity contribution in [2.45, 2.75) is 6.92 Å². The number of aryl methyl sites for hydroxylation is 1. The SMILES string of the molecule is Cc1ncc(-c2ccc(C(=O)N3CCNCC3)cc2)nc1-c1nnc(-c2ccccc2)o1. The monoisotopic (exact) mass is 426 g/mol. The van der Waals surface area contributed by atoms with Gasteiger partial charge in [-0.3, -0.25) is 9.78 Å². The number of hydrogen-bond donors (Lipinski definition) is 1. The Kier molecular flexibility index (Phi) is 5.43. The molecule has 160 valence electrons. The lowest BCUT2D eigenvalue weighted by Gasteiger charge is -2.27. The highest BCUT2D eigenvalue weighted by atomic mass is 16.4. The van der Waals surface area contributed by atoms with E-state index >= 15 is 0 Å². The minimum atomic E-state index is 0.0491. The molecule has 3 heterocycles. The minimum absolute atomic E-state index is 0.0491. The first-order chi connectivity index (χ1) is 15.7. The molecule has 1 aliphatic heterocycles. The molecule has 0 saturated carbocycles. The van der Waals surface area contributed by atoms with Crippen molar-refractivity contribution in [3.63, 3.8) is 0 Å². The van der Waals surface area contributed by atoms with Crippen molar-refractivity contribution in [1.82, 2.24) is 30.4 Å². The van der Waals surface area contributed by atoms with Gasteiger partial charge in [-0.25, -0.2) is 4.98 Å². The van der Waals surface area contributed by atoms with Gasteiger partial charge in [0.2, 0.25) is 5.89 Å². The van der Waals surface area contributed by atoms with Crippen LogP contribution in [0.4, 0.5) is 0 Å². The molecule has 1 aliphatic rings. The van der Waals surface area contributed by atoms with Crippen molar-refractivity contribution in [2.24, 2.45) is 0 Å². The Morgan fingerprint density at radius 3 is 2.41 bits per heavy atom.